The van der Waals surface area contributed by atoms with Crippen LogP contribution in [0, 0.1) is 0 Å². The molecule has 4 heterocycles. The third kappa shape index (κ3) is 5.87. The molecule has 222 valence electrons. The van der Waals surface area contributed by atoms with E-state index in [2.05, 4.69) is 34.3 Å². The van der Waals surface area contributed by atoms with Crippen LogP contribution in [0.5, 0.6) is 11.8 Å². The van der Waals surface area contributed by atoms with E-state index in [4.69, 9.17) is 19.4 Å². The van der Waals surface area contributed by atoms with Crippen LogP contribution in [0.1, 0.15) is 24.6 Å². The molecule has 2 fully saturated rings. The number of methoxy groups -OCH3 is 1. The van der Waals surface area contributed by atoms with Crippen molar-refractivity contribution in [1.82, 2.24) is 19.8 Å². The zero-order valence-electron chi connectivity index (χ0n) is 24.5. The number of phenolic OH excluding ortho intramolecular Hbond substituents is 1. The van der Waals surface area contributed by atoms with Crippen molar-refractivity contribution in [3.8, 4) is 11.8 Å². The number of ether oxygens (including phenoxy) is 2. The maximum Gasteiger partial charge on any atom is 0.318 e. The second kappa shape index (κ2) is 12.1. The third-order valence-corrected chi connectivity index (χ3v) is 8.64. The van der Waals surface area contributed by atoms with Crippen molar-refractivity contribution in [2.24, 2.45) is 0 Å². The SMILES string of the molecule is C=CC(=O)N1CCN(c2nc(OC(C)CN3CC[C@H](OC)C3)nc3c2CCN(c2cc(O)cc4ccccc24)C3)CC1. The molecule has 42 heavy (non-hydrogen) atoms. The van der Waals surface area contributed by atoms with Gasteiger partial charge in [-0.2, -0.15) is 9.97 Å². The van der Waals surface area contributed by atoms with Crippen molar-refractivity contribution in [1.29, 1.82) is 0 Å². The zero-order chi connectivity index (χ0) is 29.2. The van der Waals surface area contributed by atoms with Crippen LogP contribution in [0.15, 0.2) is 49.1 Å². The molecule has 6 rings (SSSR count). The summed E-state index contributed by atoms with van der Waals surface area (Å²) in [6.07, 6.45) is 3.35. The lowest BCUT2D eigenvalue weighted by Crippen LogP contribution is -2.49. The lowest BCUT2D eigenvalue weighted by atomic mass is 10.0. The first-order valence-corrected chi connectivity index (χ1v) is 14.9. The number of fused-ring (bicyclic) bond motifs is 2. The summed E-state index contributed by atoms with van der Waals surface area (Å²) in [5.74, 6) is 1.11. The number of anilines is 2. The van der Waals surface area contributed by atoms with Gasteiger partial charge in [-0.15, -0.1) is 0 Å². The Kier molecular flexibility index (Phi) is 8.17. The molecule has 2 aromatic carbocycles. The van der Waals surface area contributed by atoms with Crippen LogP contribution in [-0.4, -0.2) is 102 Å². The quantitative estimate of drug-likeness (QED) is 0.409. The molecule has 0 saturated carbocycles. The number of piperazine rings is 1. The number of nitrogens with zero attached hydrogens (tertiary/aromatic N) is 6. The van der Waals surface area contributed by atoms with Crippen LogP contribution in [-0.2, 0) is 22.5 Å². The van der Waals surface area contributed by atoms with Crippen LogP contribution < -0.4 is 14.5 Å². The Hall–Kier alpha value is -3.89. The highest BCUT2D eigenvalue weighted by molar-refractivity contribution is 5.95. The van der Waals surface area contributed by atoms with Crippen LogP contribution in [0.4, 0.5) is 11.5 Å². The molecule has 3 aliphatic heterocycles. The molecule has 2 saturated heterocycles. The molecule has 0 spiro atoms. The van der Waals surface area contributed by atoms with Crippen molar-refractivity contribution in [2.75, 3.05) is 69.3 Å². The van der Waals surface area contributed by atoms with Gasteiger partial charge in [0.2, 0.25) is 5.91 Å². The van der Waals surface area contributed by atoms with E-state index >= 15 is 0 Å². The molecule has 0 bridgehead atoms. The Morgan fingerprint density at radius 1 is 1.12 bits per heavy atom. The summed E-state index contributed by atoms with van der Waals surface area (Å²) >= 11 is 0. The molecular formula is C32H40N6O4. The topological polar surface area (TPSA) is 94.5 Å². The molecule has 0 aliphatic carbocycles. The second-order valence-corrected chi connectivity index (χ2v) is 11.5. The van der Waals surface area contributed by atoms with Gasteiger partial charge in [0.25, 0.3) is 0 Å². The van der Waals surface area contributed by atoms with Gasteiger partial charge in [0.1, 0.15) is 17.7 Å². The first-order valence-electron chi connectivity index (χ1n) is 14.9. The highest BCUT2D eigenvalue weighted by Gasteiger charge is 2.30. The molecule has 10 heteroatoms. The highest BCUT2D eigenvalue weighted by atomic mass is 16.5. The molecule has 0 radical (unpaired) electrons. The third-order valence-electron chi connectivity index (χ3n) is 8.64. The van der Waals surface area contributed by atoms with Gasteiger partial charge in [-0.05, 0) is 37.3 Å². The summed E-state index contributed by atoms with van der Waals surface area (Å²) in [5, 5.41) is 12.6. The van der Waals surface area contributed by atoms with Crippen LogP contribution in [0.25, 0.3) is 10.8 Å². The van der Waals surface area contributed by atoms with Gasteiger partial charge in [-0.1, -0.05) is 30.8 Å². The Labute approximate surface area is 247 Å². The number of carbonyl (C=O) groups is 1. The van der Waals surface area contributed by atoms with Crippen molar-refractivity contribution < 1.29 is 19.4 Å². The largest absolute Gasteiger partial charge is 0.508 e. The number of hydrogen-bond donors (Lipinski definition) is 1. The maximum atomic E-state index is 12.2. The second-order valence-electron chi connectivity index (χ2n) is 11.5. The molecule has 1 N–H and O–H groups in total. The van der Waals surface area contributed by atoms with Gasteiger partial charge in [0.15, 0.2) is 0 Å². The first kappa shape index (κ1) is 28.2. The average Bonchev–Trinajstić information content (AvgIpc) is 3.46. The summed E-state index contributed by atoms with van der Waals surface area (Å²) < 4.78 is 11.9. The van der Waals surface area contributed by atoms with Crippen molar-refractivity contribution >= 4 is 28.2 Å². The molecule has 1 aromatic heterocycles. The van der Waals surface area contributed by atoms with E-state index in [0.717, 1.165) is 72.6 Å². The number of amides is 1. The van der Waals surface area contributed by atoms with Crippen LogP contribution in [0.2, 0.25) is 0 Å². The fourth-order valence-corrected chi connectivity index (χ4v) is 6.45. The van der Waals surface area contributed by atoms with E-state index in [1.165, 1.54) is 6.08 Å². The predicted octanol–water partition coefficient (Wildman–Crippen LogP) is 3.22. The van der Waals surface area contributed by atoms with Gasteiger partial charge in [0.05, 0.1) is 18.3 Å². The molecule has 3 aromatic rings. The van der Waals surface area contributed by atoms with E-state index in [-0.39, 0.29) is 23.9 Å². The smallest absolute Gasteiger partial charge is 0.318 e. The first-order chi connectivity index (χ1) is 20.4. The number of phenols is 1. The number of hydrogen-bond acceptors (Lipinski definition) is 9. The fraction of sp³-hybridized carbons (Fsp3) is 0.469. The van der Waals surface area contributed by atoms with E-state index in [1.807, 2.05) is 29.2 Å². The Balaban J connectivity index is 1.28. The Morgan fingerprint density at radius 3 is 2.69 bits per heavy atom. The molecular weight excluding hydrogens is 532 g/mol. The zero-order valence-corrected chi connectivity index (χ0v) is 24.5. The molecule has 1 amide bonds. The molecule has 3 aliphatic rings. The average molecular weight is 573 g/mol. The van der Waals surface area contributed by atoms with Crippen LogP contribution in [0.3, 0.4) is 0 Å². The number of benzene rings is 2. The van der Waals surface area contributed by atoms with Crippen molar-refractivity contribution in [3.63, 3.8) is 0 Å². The van der Waals surface area contributed by atoms with E-state index < -0.39 is 0 Å². The van der Waals surface area contributed by atoms with Crippen LogP contribution >= 0.6 is 0 Å². The summed E-state index contributed by atoms with van der Waals surface area (Å²) in [4.78, 5) is 30.9. The molecule has 10 nitrogen and oxygen atoms in total. The minimum absolute atomic E-state index is 0.0381. The number of rotatable bonds is 8. The van der Waals surface area contributed by atoms with E-state index in [1.54, 1.807) is 13.2 Å². The summed E-state index contributed by atoms with van der Waals surface area (Å²) in [6.45, 7) is 12.3. The normalized spacial score (nSPS) is 20.0. The lowest BCUT2D eigenvalue weighted by molar-refractivity contribution is -0.126. The summed E-state index contributed by atoms with van der Waals surface area (Å²) in [6, 6.07) is 12.2. The fourth-order valence-electron chi connectivity index (χ4n) is 6.45. The standard InChI is InChI=1S/C32H40N6O4/c1-4-30(40)36-13-15-37(16-14-36)31-27-10-12-38(29-18-24(39)17-23-7-5-6-8-26(23)29)21-28(27)33-32(34-31)42-22(2)19-35-11-9-25(20-35)41-3/h4-8,17-18,22,25,39H,1,9-16,19-21H2,2-3H3/t22?,25-/m0/s1. The minimum atomic E-state index is -0.0942. The van der Waals surface area contributed by atoms with Crippen molar-refractivity contribution in [3.05, 3.63) is 60.3 Å². The Bertz CT molecular complexity index is 1460. The number of carbonyl (C=O) groups excluding carboxylic acids is 1. The molecule has 2 atom stereocenters. The van der Waals surface area contributed by atoms with Gasteiger partial charge in [0, 0.05) is 82.2 Å². The number of aromatic nitrogens is 2. The van der Waals surface area contributed by atoms with E-state index in [0.29, 0.717) is 38.7 Å². The Morgan fingerprint density at radius 2 is 1.93 bits per heavy atom. The van der Waals surface area contributed by atoms with Gasteiger partial charge in [-0.3, -0.25) is 9.69 Å². The van der Waals surface area contributed by atoms with Gasteiger partial charge in [-0.25, -0.2) is 0 Å². The molecule has 1 unspecified atom stereocenters. The number of aromatic hydroxyl groups is 1. The minimum Gasteiger partial charge on any atom is -0.508 e. The van der Waals surface area contributed by atoms with Gasteiger partial charge < -0.3 is 29.3 Å². The highest BCUT2D eigenvalue weighted by Crippen LogP contribution is 2.36. The van der Waals surface area contributed by atoms with E-state index in [9.17, 15) is 9.90 Å². The predicted molar refractivity (Wildman–Crippen MR) is 163 cm³/mol. The van der Waals surface area contributed by atoms with Crippen molar-refractivity contribution in [2.45, 2.75) is 38.5 Å². The summed E-state index contributed by atoms with van der Waals surface area (Å²) in [7, 11) is 1.77. The summed E-state index contributed by atoms with van der Waals surface area (Å²) in [5.41, 5.74) is 3.05. The lowest BCUT2D eigenvalue weighted by Gasteiger charge is -2.38. The van der Waals surface area contributed by atoms with Gasteiger partial charge >= 0.3 is 6.01 Å². The maximum absolute atomic E-state index is 12.2. The monoisotopic (exact) mass is 572 g/mol. The number of likely N-dealkylation sites (tertiary alicyclic amines) is 1.